The van der Waals surface area contributed by atoms with Crippen molar-refractivity contribution in [3.8, 4) is 0 Å². The van der Waals surface area contributed by atoms with Crippen molar-refractivity contribution in [1.29, 1.82) is 0 Å². The molecular formula is C11H16BrN5O4S2. The van der Waals surface area contributed by atoms with Crippen LogP contribution in [-0.4, -0.2) is 45.5 Å². The number of hydrogen-bond donors (Lipinski definition) is 1. The van der Waals surface area contributed by atoms with Crippen LogP contribution in [0.15, 0.2) is 3.92 Å². The molecule has 0 radical (unpaired) electrons. The Balaban J connectivity index is 0.000000403. The van der Waals surface area contributed by atoms with Gasteiger partial charge in [-0.25, -0.2) is 9.59 Å². The van der Waals surface area contributed by atoms with Crippen molar-refractivity contribution in [1.82, 2.24) is 20.4 Å². The number of nitrogens with zero attached hydrogens (tertiary/aromatic N) is 4. The van der Waals surface area contributed by atoms with Crippen molar-refractivity contribution in [2.24, 2.45) is 0 Å². The summed E-state index contributed by atoms with van der Waals surface area (Å²) in [5, 5.41) is 14.9. The maximum absolute atomic E-state index is 10.9. The molecule has 2 heterocycles. The summed E-state index contributed by atoms with van der Waals surface area (Å²) in [5.41, 5.74) is 5.25. The number of hydrogen-bond acceptors (Lipinski definition) is 11. The lowest BCUT2D eigenvalue weighted by Crippen LogP contribution is -2.03. The molecule has 2 rings (SSSR count). The van der Waals surface area contributed by atoms with Crippen LogP contribution in [-0.2, 0) is 9.47 Å². The van der Waals surface area contributed by atoms with E-state index in [-0.39, 0.29) is 22.6 Å². The molecule has 0 saturated heterocycles. The van der Waals surface area contributed by atoms with E-state index < -0.39 is 11.9 Å². The van der Waals surface area contributed by atoms with E-state index in [0.29, 0.717) is 17.1 Å². The van der Waals surface area contributed by atoms with E-state index in [2.05, 4.69) is 45.8 Å². The van der Waals surface area contributed by atoms with Gasteiger partial charge in [-0.3, -0.25) is 0 Å². The Labute approximate surface area is 149 Å². The van der Waals surface area contributed by atoms with Crippen molar-refractivity contribution in [2.75, 3.05) is 18.9 Å². The maximum atomic E-state index is 10.9. The Morgan fingerprint density at radius 1 is 1.00 bits per heavy atom. The van der Waals surface area contributed by atoms with Crippen LogP contribution >= 0.6 is 38.6 Å². The lowest BCUT2D eigenvalue weighted by Gasteiger charge is -1.93. The third-order valence-electron chi connectivity index (χ3n) is 1.74. The zero-order valence-electron chi connectivity index (χ0n) is 11.6. The molecule has 0 aliphatic carbocycles. The van der Waals surface area contributed by atoms with Gasteiger partial charge in [0.25, 0.3) is 0 Å². The topological polar surface area (TPSA) is 130 Å². The standard InChI is InChI=1S/C5H5BrN2O2S.C5H7N3O2S.CH4/c2*1-2-10-4(9)3-7-8-5(6)11-3;/h2H2,1H3;2H2,1H3,(H2,6,8);1H4. The average molecular weight is 426 g/mol. The number of anilines is 1. The quantitative estimate of drug-likeness (QED) is 0.733. The van der Waals surface area contributed by atoms with E-state index in [4.69, 9.17) is 5.73 Å². The molecule has 0 fully saturated rings. The normalized spacial score (nSPS) is 9.17. The predicted octanol–water partition coefficient (Wildman–Crippen LogP) is 2.41. The van der Waals surface area contributed by atoms with Gasteiger partial charge in [0, 0.05) is 0 Å². The molecule has 0 unspecified atom stereocenters. The summed E-state index contributed by atoms with van der Waals surface area (Å²) < 4.78 is 9.93. The number of carbonyl (C=O) groups excluding carboxylic acids is 2. The first-order chi connectivity index (χ1) is 10.5. The molecule has 0 amide bonds. The summed E-state index contributed by atoms with van der Waals surface area (Å²) in [6.45, 7) is 4.16. The summed E-state index contributed by atoms with van der Waals surface area (Å²) >= 11 is 5.26. The maximum Gasteiger partial charge on any atom is 0.369 e. The first-order valence-corrected chi connectivity index (χ1v) is 8.32. The highest BCUT2D eigenvalue weighted by molar-refractivity contribution is 9.11. The zero-order chi connectivity index (χ0) is 16.5. The number of esters is 2. The largest absolute Gasteiger partial charge is 0.461 e. The number of aromatic nitrogens is 4. The molecule has 0 atom stereocenters. The van der Waals surface area contributed by atoms with Gasteiger partial charge in [0.15, 0.2) is 3.92 Å². The highest BCUT2D eigenvalue weighted by Gasteiger charge is 2.12. The first-order valence-electron chi connectivity index (χ1n) is 5.90. The van der Waals surface area contributed by atoms with Gasteiger partial charge in [-0.2, -0.15) is 0 Å². The van der Waals surface area contributed by atoms with Crippen molar-refractivity contribution >= 4 is 55.7 Å². The molecule has 0 saturated carbocycles. The molecule has 128 valence electrons. The first kappa shape index (κ1) is 21.3. The SMILES string of the molecule is C.CCOC(=O)c1nnc(Br)s1.CCOC(=O)c1nnc(N)s1. The van der Waals surface area contributed by atoms with Gasteiger partial charge < -0.3 is 15.2 Å². The Morgan fingerprint density at radius 3 is 1.83 bits per heavy atom. The van der Waals surface area contributed by atoms with Crippen molar-refractivity contribution in [2.45, 2.75) is 21.3 Å². The number of ether oxygens (including phenoxy) is 2. The van der Waals surface area contributed by atoms with E-state index in [1.165, 1.54) is 0 Å². The van der Waals surface area contributed by atoms with Gasteiger partial charge in [0.2, 0.25) is 15.1 Å². The Bertz CT molecular complexity index is 579. The monoisotopic (exact) mass is 425 g/mol. The second-order valence-corrected chi connectivity index (χ2v) is 6.51. The van der Waals surface area contributed by atoms with E-state index in [1.807, 2.05) is 0 Å². The number of carbonyl (C=O) groups is 2. The molecule has 23 heavy (non-hydrogen) atoms. The number of rotatable bonds is 4. The molecule has 0 aliphatic rings. The number of nitrogens with two attached hydrogens (primary N) is 1. The van der Waals surface area contributed by atoms with Gasteiger partial charge in [-0.05, 0) is 29.8 Å². The summed E-state index contributed by atoms with van der Waals surface area (Å²) in [6.07, 6.45) is 0. The third kappa shape index (κ3) is 7.43. The summed E-state index contributed by atoms with van der Waals surface area (Å²) in [4.78, 5) is 21.8. The van der Waals surface area contributed by atoms with Crippen LogP contribution in [0.5, 0.6) is 0 Å². The second-order valence-electron chi connectivity index (χ2n) is 3.25. The molecule has 12 heteroatoms. The van der Waals surface area contributed by atoms with Crippen molar-refractivity contribution in [3.63, 3.8) is 0 Å². The van der Waals surface area contributed by atoms with Crippen LogP contribution in [0, 0.1) is 0 Å². The molecular weight excluding hydrogens is 410 g/mol. The lowest BCUT2D eigenvalue weighted by molar-refractivity contribution is 0.0515. The minimum Gasteiger partial charge on any atom is -0.461 e. The molecule has 0 aromatic carbocycles. The summed E-state index contributed by atoms with van der Waals surface area (Å²) in [6, 6.07) is 0. The molecule has 0 spiro atoms. The summed E-state index contributed by atoms with van der Waals surface area (Å²) in [5.74, 6) is -0.891. The molecule has 2 aromatic rings. The van der Waals surface area contributed by atoms with Gasteiger partial charge in [0.05, 0.1) is 13.2 Å². The van der Waals surface area contributed by atoms with E-state index >= 15 is 0 Å². The molecule has 2 N–H and O–H groups in total. The van der Waals surface area contributed by atoms with Crippen LogP contribution in [0.2, 0.25) is 0 Å². The fraction of sp³-hybridized carbons (Fsp3) is 0.455. The van der Waals surface area contributed by atoms with Crippen molar-refractivity contribution in [3.05, 3.63) is 13.9 Å². The van der Waals surface area contributed by atoms with Crippen LogP contribution in [0.3, 0.4) is 0 Å². The minimum atomic E-state index is -0.471. The van der Waals surface area contributed by atoms with Gasteiger partial charge in [0.1, 0.15) is 0 Å². The molecule has 0 aliphatic heterocycles. The van der Waals surface area contributed by atoms with E-state index in [9.17, 15) is 9.59 Å². The Kier molecular flexibility index (Phi) is 10.2. The predicted molar refractivity (Wildman–Crippen MR) is 90.6 cm³/mol. The highest BCUT2D eigenvalue weighted by atomic mass is 79.9. The van der Waals surface area contributed by atoms with E-state index in [1.54, 1.807) is 13.8 Å². The Hall–Kier alpha value is -1.66. The van der Waals surface area contributed by atoms with Crippen LogP contribution in [0.4, 0.5) is 5.13 Å². The Morgan fingerprint density at radius 2 is 1.48 bits per heavy atom. The fourth-order valence-corrected chi connectivity index (χ4v) is 2.50. The second kappa shape index (κ2) is 11.0. The number of nitrogen functional groups attached to an aromatic ring is 1. The zero-order valence-corrected chi connectivity index (χ0v) is 14.8. The van der Waals surface area contributed by atoms with Crippen LogP contribution in [0.25, 0.3) is 0 Å². The third-order valence-corrected chi connectivity index (χ3v) is 3.81. The molecule has 0 bridgehead atoms. The molecule has 9 nitrogen and oxygen atoms in total. The minimum absolute atomic E-state index is 0. The smallest absolute Gasteiger partial charge is 0.369 e. The fourth-order valence-electron chi connectivity index (χ4n) is 0.991. The highest BCUT2D eigenvalue weighted by Crippen LogP contribution is 2.16. The van der Waals surface area contributed by atoms with Crippen molar-refractivity contribution < 1.29 is 19.1 Å². The van der Waals surface area contributed by atoms with Gasteiger partial charge >= 0.3 is 11.9 Å². The van der Waals surface area contributed by atoms with Gasteiger partial charge in [-0.15, -0.1) is 20.4 Å². The lowest BCUT2D eigenvalue weighted by atomic mass is 10.7. The number of halogens is 1. The van der Waals surface area contributed by atoms with Crippen LogP contribution < -0.4 is 5.73 Å². The van der Waals surface area contributed by atoms with E-state index in [0.717, 1.165) is 22.7 Å². The van der Waals surface area contributed by atoms with Crippen LogP contribution in [0.1, 0.15) is 40.9 Å². The molecule has 2 aromatic heterocycles. The average Bonchev–Trinajstić information content (AvgIpc) is 3.09. The summed E-state index contributed by atoms with van der Waals surface area (Å²) in [7, 11) is 0. The van der Waals surface area contributed by atoms with Gasteiger partial charge in [-0.1, -0.05) is 30.1 Å².